The van der Waals surface area contributed by atoms with Crippen LogP contribution in [0.25, 0.3) is 11.4 Å². The predicted octanol–water partition coefficient (Wildman–Crippen LogP) is 3.24. The molecule has 4 rings (SSSR count). The number of carbonyl (C=O) groups is 1. The van der Waals surface area contributed by atoms with E-state index >= 15 is 0 Å². The number of para-hydroxylation sites is 1. The Labute approximate surface area is 194 Å². The van der Waals surface area contributed by atoms with E-state index in [4.69, 9.17) is 12.2 Å². The van der Waals surface area contributed by atoms with Crippen molar-refractivity contribution in [3.63, 3.8) is 0 Å². The summed E-state index contributed by atoms with van der Waals surface area (Å²) in [6, 6.07) is 18.6. The summed E-state index contributed by atoms with van der Waals surface area (Å²) < 4.78 is 2.20. The Hall–Kier alpha value is -2.97. The summed E-state index contributed by atoms with van der Waals surface area (Å²) in [5.41, 5.74) is 3.40. The van der Waals surface area contributed by atoms with Gasteiger partial charge in [0.2, 0.25) is 5.91 Å². The van der Waals surface area contributed by atoms with Crippen LogP contribution in [-0.4, -0.2) is 64.8 Å². The van der Waals surface area contributed by atoms with Crippen LogP contribution in [0.2, 0.25) is 0 Å². The van der Waals surface area contributed by atoms with Gasteiger partial charge >= 0.3 is 0 Å². The number of nitrogens with zero attached hydrogens (tertiary/aromatic N) is 4. The van der Waals surface area contributed by atoms with Crippen LogP contribution in [0.3, 0.4) is 0 Å². The maximum Gasteiger partial charge on any atom is 0.240 e. The highest BCUT2D eigenvalue weighted by Gasteiger charge is 2.17. The number of carbonyl (C=O) groups excluding carboxylic acids is 1. The van der Waals surface area contributed by atoms with Gasteiger partial charge in [-0.15, -0.1) is 0 Å². The fourth-order valence-corrected chi connectivity index (χ4v) is 4.18. The number of benzene rings is 2. The molecule has 1 aliphatic rings. The lowest BCUT2D eigenvalue weighted by molar-refractivity contribution is -0.121. The normalized spacial score (nSPS) is 14.5. The minimum atomic E-state index is -0.0511. The zero-order valence-electron chi connectivity index (χ0n) is 18.5. The number of aromatic nitrogens is 3. The van der Waals surface area contributed by atoms with Gasteiger partial charge < -0.3 is 10.2 Å². The maximum absolute atomic E-state index is 12.5. The molecule has 0 atom stereocenters. The molecule has 32 heavy (non-hydrogen) atoms. The standard InChI is InChI=1S/C24H30N6OS/c1-19-8-10-20(11-9-19)23-26-27-24(32)30(23)18-22(31)25-12-5-13-28-14-16-29(17-15-28)21-6-3-2-4-7-21/h2-4,6-11H,5,12-18H2,1H3,(H,25,31)(H,27,32). The number of hydrogen-bond acceptors (Lipinski definition) is 5. The molecule has 1 aromatic heterocycles. The number of aromatic amines is 1. The SMILES string of the molecule is Cc1ccc(-c2n[nH]c(=S)n2CC(=O)NCCCN2CCN(c3ccccc3)CC2)cc1. The van der Waals surface area contributed by atoms with Crippen molar-refractivity contribution in [2.75, 3.05) is 44.2 Å². The molecule has 0 spiro atoms. The van der Waals surface area contributed by atoms with E-state index in [2.05, 4.69) is 55.6 Å². The van der Waals surface area contributed by atoms with Crippen LogP contribution >= 0.6 is 12.2 Å². The van der Waals surface area contributed by atoms with Gasteiger partial charge in [0.15, 0.2) is 10.6 Å². The van der Waals surface area contributed by atoms with Gasteiger partial charge in [0, 0.05) is 44.0 Å². The van der Waals surface area contributed by atoms with Gasteiger partial charge in [-0.2, -0.15) is 5.10 Å². The second-order valence-electron chi connectivity index (χ2n) is 8.17. The van der Waals surface area contributed by atoms with Crippen molar-refractivity contribution < 1.29 is 4.79 Å². The number of rotatable bonds is 8. The highest BCUT2D eigenvalue weighted by Crippen LogP contribution is 2.18. The Kier molecular flexibility index (Phi) is 7.34. The summed E-state index contributed by atoms with van der Waals surface area (Å²) in [7, 11) is 0. The fourth-order valence-electron chi connectivity index (χ4n) is 3.99. The fraction of sp³-hybridized carbons (Fsp3) is 0.375. The maximum atomic E-state index is 12.5. The molecule has 3 aromatic rings. The Morgan fingerprint density at radius 1 is 1.06 bits per heavy atom. The molecule has 0 saturated carbocycles. The van der Waals surface area contributed by atoms with Gasteiger partial charge in [-0.1, -0.05) is 48.0 Å². The van der Waals surface area contributed by atoms with Crippen molar-refractivity contribution >= 4 is 23.8 Å². The van der Waals surface area contributed by atoms with E-state index in [-0.39, 0.29) is 12.5 Å². The molecule has 168 valence electrons. The third kappa shape index (κ3) is 5.63. The first kappa shape index (κ1) is 22.2. The average molecular weight is 451 g/mol. The quantitative estimate of drug-likeness (QED) is 0.407. The summed E-state index contributed by atoms with van der Waals surface area (Å²) in [6.45, 7) is 8.02. The molecule has 2 heterocycles. The number of H-pyrrole nitrogens is 1. The molecule has 1 amide bonds. The van der Waals surface area contributed by atoms with Crippen LogP contribution in [0, 0.1) is 11.7 Å². The molecule has 1 fully saturated rings. The topological polar surface area (TPSA) is 69.2 Å². The summed E-state index contributed by atoms with van der Waals surface area (Å²) in [5, 5.41) is 10.1. The van der Waals surface area contributed by atoms with E-state index in [0.717, 1.165) is 44.7 Å². The zero-order valence-corrected chi connectivity index (χ0v) is 19.3. The van der Waals surface area contributed by atoms with E-state index in [1.54, 1.807) is 4.57 Å². The molecule has 8 heteroatoms. The van der Waals surface area contributed by atoms with Gasteiger partial charge in [0.05, 0.1) is 0 Å². The minimum absolute atomic E-state index is 0.0511. The highest BCUT2D eigenvalue weighted by atomic mass is 32.1. The van der Waals surface area contributed by atoms with Gasteiger partial charge in [-0.05, 0) is 44.2 Å². The Morgan fingerprint density at radius 2 is 1.78 bits per heavy atom. The van der Waals surface area contributed by atoms with Crippen molar-refractivity contribution in [3.8, 4) is 11.4 Å². The summed E-state index contributed by atoms with van der Waals surface area (Å²) >= 11 is 5.34. The van der Waals surface area contributed by atoms with Gasteiger partial charge in [-0.25, -0.2) is 0 Å². The summed E-state index contributed by atoms with van der Waals surface area (Å²) in [5.74, 6) is 0.631. The molecular weight excluding hydrogens is 420 g/mol. The predicted molar refractivity (Wildman–Crippen MR) is 130 cm³/mol. The molecule has 1 saturated heterocycles. The number of aryl methyl sites for hydroxylation is 1. The van der Waals surface area contributed by atoms with Crippen molar-refractivity contribution in [3.05, 3.63) is 64.9 Å². The van der Waals surface area contributed by atoms with Gasteiger partial charge in [0.1, 0.15) is 6.54 Å². The lowest BCUT2D eigenvalue weighted by Gasteiger charge is -2.36. The molecule has 2 aromatic carbocycles. The Balaban J connectivity index is 1.20. The lowest BCUT2D eigenvalue weighted by Crippen LogP contribution is -2.47. The minimum Gasteiger partial charge on any atom is -0.369 e. The second kappa shape index (κ2) is 10.6. The number of anilines is 1. The molecule has 0 unspecified atom stereocenters. The van der Waals surface area contributed by atoms with Gasteiger partial charge in [-0.3, -0.25) is 19.4 Å². The molecule has 0 radical (unpaired) electrons. The van der Waals surface area contributed by atoms with E-state index in [1.807, 2.05) is 31.2 Å². The molecule has 7 nitrogen and oxygen atoms in total. The molecule has 0 bridgehead atoms. The third-order valence-electron chi connectivity index (χ3n) is 5.84. The van der Waals surface area contributed by atoms with Crippen LogP contribution in [0.1, 0.15) is 12.0 Å². The molecular formula is C24H30N6OS. The first-order chi connectivity index (χ1) is 15.6. The number of nitrogens with one attached hydrogen (secondary N) is 2. The number of hydrogen-bond donors (Lipinski definition) is 2. The van der Waals surface area contributed by atoms with Crippen LogP contribution < -0.4 is 10.2 Å². The van der Waals surface area contributed by atoms with Crippen LogP contribution in [0.15, 0.2) is 54.6 Å². The van der Waals surface area contributed by atoms with Crippen molar-refractivity contribution in [1.29, 1.82) is 0 Å². The van der Waals surface area contributed by atoms with E-state index < -0.39 is 0 Å². The van der Waals surface area contributed by atoms with Crippen molar-refractivity contribution in [1.82, 2.24) is 25.0 Å². The van der Waals surface area contributed by atoms with Crippen LogP contribution in [0.4, 0.5) is 5.69 Å². The summed E-state index contributed by atoms with van der Waals surface area (Å²) in [6.07, 6.45) is 0.929. The molecule has 1 aliphatic heterocycles. The van der Waals surface area contributed by atoms with Crippen molar-refractivity contribution in [2.45, 2.75) is 19.9 Å². The monoisotopic (exact) mass is 450 g/mol. The molecule has 2 N–H and O–H groups in total. The Bertz CT molecular complexity index is 1070. The largest absolute Gasteiger partial charge is 0.369 e. The van der Waals surface area contributed by atoms with Crippen LogP contribution in [0.5, 0.6) is 0 Å². The first-order valence-corrected chi connectivity index (χ1v) is 11.5. The first-order valence-electron chi connectivity index (χ1n) is 11.1. The molecule has 0 aliphatic carbocycles. The van der Waals surface area contributed by atoms with Crippen LogP contribution in [-0.2, 0) is 11.3 Å². The highest BCUT2D eigenvalue weighted by molar-refractivity contribution is 7.71. The summed E-state index contributed by atoms with van der Waals surface area (Å²) in [4.78, 5) is 17.4. The smallest absolute Gasteiger partial charge is 0.240 e. The van der Waals surface area contributed by atoms with E-state index in [9.17, 15) is 4.79 Å². The second-order valence-corrected chi connectivity index (χ2v) is 8.56. The number of amides is 1. The number of piperazine rings is 1. The van der Waals surface area contributed by atoms with E-state index in [0.29, 0.717) is 17.1 Å². The van der Waals surface area contributed by atoms with E-state index in [1.165, 1.54) is 11.3 Å². The van der Waals surface area contributed by atoms with Gasteiger partial charge in [0.25, 0.3) is 0 Å². The Morgan fingerprint density at radius 3 is 2.50 bits per heavy atom. The van der Waals surface area contributed by atoms with Crippen molar-refractivity contribution in [2.24, 2.45) is 0 Å². The third-order valence-corrected chi connectivity index (χ3v) is 6.15. The lowest BCUT2D eigenvalue weighted by atomic mass is 10.1. The average Bonchev–Trinajstić information content (AvgIpc) is 3.18. The zero-order chi connectivity index (χ0) is 22.3.